The van der Waals surface area contributed by atoms with Crippen LogP contribution >= 0.6 is 0 Å². The summed E-state index contributed by atoms with van der Waals surface area (Å²) in [5.74, 6) is 0. The Morgan fingerprint density at radius 1 is 0.500 bits per heavy atom. The maximum absolute atomic E-state index is 3.67. The van der Waals surface area contributed by atoms with Crippen molar-refractivity contribution in [1.29, 1.82) is 0 Å². The minimum atomic E-state index is 0. The van der Waals surface area contributed by atoms with Gasteiger partial charge in [0.25, 0.3) is 0 Å². The van der Waals surface area contributed by atoms with Crippen molar-refractivity contribution in [1.82, 2.24) is 0 Å². The second-order valence-corrected chi connectivity index (χ2v) is 8.68. The monoisotopic (exact) mass is 510 g/mol. The first kappa shape index (κ1) is 36.8. The van der Waals surface area contributed by atoms with Gasteiger partial charge in [-0.25, -0.2) is 0 Å². The molecular formula is C38H54. The fraction of sp³-hybridized carbons (Fsp3) is 0.316. The molecule has 4 aromatic rings. The molecule has 0 saturated heterocycles. The van der Waals surface area contributed by atoms with Crippen molar-refractivity contribution >= 4 is 6.08 Å². The molecule has 38 heavy (non-hydrogen) atoms. The topological polar surface area (TPSA) is 0 Å². The molecule has 0 fully saturated rings. The van der Waals surface area contributed by atoms with Gasteiger partial charge in [-0.2, -0.15) is 0 Å². The van der Waals surface area contributed by atoms with Crippen molar-refractivity contribution in [2.75, 3.05) is 0 Å². The van der Waals surface area contributed by atoms with E-state index >= 15 is 0 Å². The number of benzene rings is 4. The predicted octanol–water partition coefficient (Wildman–Crippen LogP) is 11.7. The van der Waals surface area contributed by atoms with E-state index in [2.05, 4.69) is 126 Å². The van der Waals surface area contributed by atoms with Crippen LogP contribution in [-0.4, -0.2) is 0 Å². The standard InChI is InChI=1S/C15H16.C9H12.C9H10.2C2H6.CH4/c1-13-7-9-15(10-8-13)12-11-14-5-3-2-4-6-14;1-7-4-5-8(2)9(3)6-7;1-3-9-6-4-5-8(2)7-9;2*1-2;/h2-10H,11-12H2,1H3;4-6H,1-3H3;3-7H,1H2,2H3;2*1-2H3;1H4. The molecule has 0 amide bonds. The highest BCUT2D eigenvalue weighted by molar-refractivity contribution is 5.47. The molecule has 0 aliphatic rings. The predicted molar refractivity (Wildman–Crippen MR) is 176 cm³/mol. The molecule has 0 radical (unpaired) electrons. The van der Waals surface area contributed by atoms with E-state index in [1.807, 2.05) is 45.9 Å². The van der Waals surface area contributed by atoms with Gasteiger partial charge in [0.2, 0.25) is 0 Å². The van der Waals surface area contributed by atoms with Crippen molar-refractivity contribution in [3.8, 4) is 0 Å². The lowest BCUT2D eigenvalue weighted by atomic mass is 10.0. The first-order chi connectivity index (χ1) is 17.9. The van der Waals surface area contributed by atoms with Crippen LogP contribution in [0.2, 0.25) is 0 Å². The molecule has 0 nitrogen and oxygen atoms in total. The van der Waals surface area contributed by atoms with E-state index in [4.69, 9.17) is 0 Å². The van der Waals surface area contributed by atoms with Crippen LogP contribution in [-0.2, 0) is 12.8 Å². The zero-order chi connectivity index (χ0) is 28.1. The first-order valence-electron chi connectivity index (χ1n) is 13.7. The third kappa shape index (κ3) is 16.4. The van der Waals surface area contributed by atoms with Crippen LogP contribution in [0.25, 0.3) is 6.08 Å². The van der Waals surface area contributed by atoms with Gasteiger partial charge in [-0.15, -0.1) is 0 Å². The number of rotatable bonds is 4. The van der Waals surface area contributed by atoms with E-state index in [0.29, 0.717) is 0 Å². The van der Waals surface area contributed by atoms with Crippen molar-refractivity contribution in [2.45, 2.75) is 82.6 Å². The Morgan fingerprint density at radius 3 is 1.45 bits per heavy atom. The van der Waals surface area contributed by atoms with E-state index in [1.165, 1.54) is 44.5 Å². The number of hydrogen-bond acceptors (Lipinski definition) is 0. The minimum Gasteiger partial charge on any atom is -0.0985 e. The van der Waals surface area contributed by atoms with Crippen molar-refractivity contribution < 1.29 is 0 Å². The average Bonchev–Trinajstić information content (AvgIpc) is 2.94. The third-order valence-electron chi connectivity index (χ3n) is 5.61. The van der Waals surface area contributed by atoms with Crippen LogP contribution in [0.1, 0.15) is 79.6 Å². The molecule has 0 spiro atoms. The maximum atomic E-state index is 3.67. The van der Waals surface area contributed by atoms with Crippen molar-refractivity contribution in [2.24, 2.45) is 0 Å². The van der Waals surface area contributed by atoms with E-state index in [0.717, 1.165) is 12.8 Å². The molecular weight excluding hydrogens is 456 g/mol. The van der Waals surface area contributed by atoms with Crippen LogP contribution in [0.5, 0.6) is 0 Å². The Bertz CT molecular complexity index is 1100. The van der Waals surface area contributed by atoms with Crippen LogP contribution in [0, 0.1) is 34.6 Å². The normalized spacial score (nSPS) is 8.76. The Balaban J connectivity index is 0. The smallest absolute Gasteiger partial charge is 0.0238 e. The van der Waals surface area contributed by atoms with Gasteiger partial charge < -0.3 is 0 Å². The molecule has 206 valence electrons. The Hall–Kier alpha value is -3.38. The van der Waals surface area contributed by atoms with Gasteiger partial charge in [0.1, 0.15) is 0 Å². The molecule has 0 heterocycles. The highest BCUT2D eigenvalue weighted by Crippen LogP contribution is 2.09. The second kappa shape index (κ2) is 22.8. The van der Waals surface area contributed by atoms with E-state index in [-0.39, 0.29) is 7.43 Å². The highest BCUT2D eigenvalue weighted by Gasteiger charge is 1.94. The molecule has 4 rings (SSSR count). The summed E-state index contributed by atoms with van der Waals surface area (Å²) in [5.41, 5.74) is 10.7. The Kier molecular flexibility index (Phi) is 22.1. The molecule has 4 aromatic carbocycles. The third-order valence-corrected chi connectivity index (χ3v) is 5.61. The van der Waals surface area contributed by atoms with Gasteiger partial charge >= 0.3 is 0 Å². The summed E-state index contributed by atoms with van der Waals surface area (Å²) in [6.45, 7) is 22.3. The summed E-state index contributed by atoms with van der Waals surface area (Å²) in [5, 5.41) is 0. The highest BCUT2D eigenvalue weighted by atomic mass is 14.0. The second-order valence-electron chi connectivity index (χ2n) is 8.68. The molecule has 0 unspecified atom stereocenters. The van der Waals surface area contributed by atoms with Crippen molar-refractivity contribution in [3.63, 3.8) is 0 Å². The zero-order valence-electron chi connectivity index (χ0n) is 24.9. The fourth-order valence-corrected chi connectivity index (χ4v) is 3.38. The van der Waals surface area contributed by atoms with Crippen LogP contribution in [0.3, 0.4) is 0 Å². The Labute approximate surface area is 236 Å². The Morgan fingerprint density at radius 2 is 1.00 bits per heavy atom. The number of hydrogen-bond donors (Lipinski definition) is 0. The van der Waals surface area contributed by atoms with Gasteiger partial charge in [-0.1, -0.05) is 162 Å². The molecule has 0 aliphatic carbocycles. The molecule has 0 heteroatoms. The molecule has 0 aromatic heterocycles. The lowest BCUT2D eigenvalue weighted by Crippen LogP contribution is -1.90. The van der Waals surface area contributed by atoms with Gasteiger partial charge in [0, 0.05) is 0 Å². The van der Waals surface area contributed by atoms with Crippen molar-refractivity contribution in [3.05, 3.63) is 148 Å². The summed E-state index contributed by atoms with van der Waals surface area (Å²) in [4.78, 5) is 0. The van der Waals surface area contributed by atoms with Gasteiger partial charge in [0.15, 0.2) is 0 Å². The molecule has 0 N–H and O–H groups in total. The van der Waals surface area contributed by atoms with E-state index in [1.54, 1.807) is 0 Å². The lowest BCUT2D eigenvalue weighted by Gasteiger charge is -2.02. The minimum absolute atomic E-state index is 0. The molecule has 0 atom stereocenters. The van der Waals surface area contributed by atoms with Crippen LogP contribution < -0.4 is 0 Å². The van der Waals surface area contributed by atoms with E-state index < -0.39 is 0 Å². The van der Waals surface area contributed by atoms with E-state index in [9.17, 15) is 0 Å². The molecule has 0 aliphatic heterocycles. The maximum Gasteiger partial charge on any atom is -0.0238 e. The summed E-state index contributed by atoms with van der Waals surface area (Å²) in [6, 6.07) is 34.2. The summed E-state index contributed by atoms with van der Waals surface area (Å²) < 4.78 is 0. The summed E-state index contributed by atoms with van der Waals surface area (Å²) in [6.07, 6.45) is 4.11. The SMILES string of the molecule is C.C=Cc1cccc(C)c1.CC.CC.Cc1ccc(C)c(C)c1.Cc1ccc(CCc2ccccc2)cc1. The van der Waals surface area contributed by atoms with Crippen LogP contribution in [0.4, 0.5) is 0 Å². The van der Waals surface area contributed by atoms with Gasteiger partial charge in [-0.3, -0.25) is 0 Å². The van der Waals surface area contributed by atoms with Gasteiger partial charge in [0.05, 0.1) is 0 Å². The lowest BCUT2D eigenvalue weighted by molar-refractivity contribution is 0.959. The quantitative estimate of drug-likeness (QED) is 0.256. The molecule has 0 saturated carbocycles. The fourth-order valence-electron chi connectivity index (χ4n) is 3.38. The summed E-state index contributed by atoms with van der Waals surface area (Å²) >= 11 is 0. The summed E-state index contributed by atoms with van der Waals surface area (Å²) in [7, 11) is 0. The van der Waals surface area contributed by atoms with Crippen LogP contribution in [0.15, 0.2) is 104 Å². The number of aryl methyl sites for hydroxylation is 7. The molecule has 0 bridgehead atoms. The largest absolute Gasteiger partial charge is 0.0985 e. The van der Waals surface area contributed by atoms with Gasteiger partial charge in [-0.05, 0) is 75.3 Å². The average molecular weight is 511 g/mol. The first-order valence-corrected chi connectivity index (χ1v) is 13.7. The zero-order valence-corrected chi connectivity index (χ0v) is 24.9.